The molecule has 0 aliphatic rings. The molecule has 19 heavy (non-hydrogen) atoms. The Morgan fingerprint density at radius 3 is 2.79 bits per heavy atom. The summed E-state index contributed by atoms with van der Waals surface area (Å²) in [5.74, 6) is 0.00345. The van der Waals surface area contributed by atoms with Crippen molar-refractivity contribution in [2.75, 3.05) is 33.7 Å². The van der Waals surface area contributed by atoms with E-state index in [-0.39, 0.29) is 5.91 Å². The standard InChI is InChI=1S/C15H25N3O/c1-18(2)11-4-3-10-17-15(19)14-7-5-6-13(12-14)8-9-16/h5-7,12H,3-4,8-11,16H2,1-2H3,(H,17,19). The highest BCUT2D eigenvalue weighted by Crippen LogP contribution is 2.05. The number of unbranched alkanes of at least 4 members (excludes halogenated alkanes) is 1. The zero-order chi connectivity index (χ0) is 14.1. The molecule has 0 saturated heterocycles. The van der Waals surface area contributed by atoms with Crippen molar-refractivity contribution in [3.8, 4) is 0 Å². The van der Waals surface area contributed by atoms with Crippen LogP contribution in [-0.4, -0.2) is 44.5 Å². The molecule has 1 aromatic carbocycles. The third-order valence-corrected chi connectivity index (χ3v) is 2.94. The van der Waals surface area contributed by atoms with Crippen LogP contribution in [0.15, 0.2) is 24.3 Å². The maximum Gasteiger partial charge on any atom is 0.251 e. The second kappa shape index (κ2) is 8.67. The molecule has 0 aromatic heterocycles. The second-order valence-electron chi connectivity index (χ2n) is 5.01. The van der Waals surface area contributed by atoms with Crippen molar-refractivity contribution in [1.82, 2.24) is 10.2 Å². The van der Waals surface area contributed by atoms with Crippen molar-refractivity contribution in [3.63, 3.8) is 0 Å². The van der Waals surface area contributed by atoms with E-state index < -0.39 is 0 Å². The first-order valence-electron chi connectivity index (χ1n) is 6.85. The van der Waals surface area contributed by atoms with E-state index in [4.69, 9.17) is 5.73 Å². The average molecular weight is 263 g/mol. The molecule has 1 amide bonds. The summed E-state index contributed by atoms with van der Waals surface area (Å²) in [4.78, 5) is 14.1. The molecule has 0 radical (unpaired) electrons. The van der Waals surface area contributed by atoms with Gasteiger partial charge in [-0.3, -0.25) is 4.79 Å². The van der Waals surface area contributed by atoms with Gasteiger partial charge in [0.1, 0.15) is 0 Å². The summed E-state index contributed by atoms with van der Waals surface area (Å²) < 4.78 is 0. The number of benzene rings is 1. The Morgan fingerprint density at radius 2 is 2.11 bits per heavy atom. The van der Waals surface area contributed by atoms with Gasteiger partial charge in [-0.1, -0.05) is 12.1 Å². The van der Waals surface area contributed by atoms with Gasteiger partial charge in [-0.05, 0) is 64.1 Å². The Hall–Kier alpha value is -1.39. The molecule has 0 heterocycles. The molecule has 1 aromatic rings. The lowest BCUT2D eigenvalue weighted by molar-refractivity contribution is 0.0952. The maximum atomic E-state index is 11.9. The summed E-state index contributed by atoms with van der Waals surface area (Å²) >= 11 is 0. The summed E-state index contributed by atoms with van der Waals surface area (Å²) in [7, 11) is 4.11. The quantitative estimate of drug-likeness (QED) is 0.694. The molecule has 0 fully saturated rings. The Morgan fingerprint density at radius 1 is 1.32 bits per heavy atom. The second-order valence-corrected chi connectivity index (χ2v) is 5.01. The van der Waals surface area contributed by atoms with Crippen LogP contribution >= 0.6 is 0 Å². The zero-order valence-electron chi connectivity index (χ0n) is 12.0. The van der Waals surface area contributed by atoms with E-state index in [9.17, 15) is 4.79 Å². The molecule has 106 valence electrons. The van der Waals surface area contributed by atoms with E-state index >= 15 is 0 Å². The fourth-order valence-electron chi connectivity index (χ4n) is 1.89. The maximum absolute atomic E-state index is 11.9. The SMILES string of the molecule is CN(C)CCCCNC(=O)c1cccc(CCN)c1. The van der Waals surface area contributed by atoms with Gasteiger partial charge in [0, 0.05) is 12.1 Å². The molecule has 0 aliphatic heterocycles. The molecule has 0 spiro atoms. The molecule has 1 rings (SSSR count). The van der Waals surface area contributed by atoms with Crippen LogP contribution in [0.1, 0.15) is 28.8 Å². The average Bonchev–Trinajstić information content (AvgIpc) is 2.38. The van der Waals surface area contributed by atoms with Crippen LogP contribution < -0.4 is 11.1 Å². The third-order valence-electron chi connectivity index (χ3n) is 2.94. The number of hydrogen-bond donors (Lipinski definition) is 2. The highest BCUT2D eigenvalue weighted by atomic mass is 16.1. The molecular weight excluding hydrogens is 238 g/mol. The van der Waals surface area contributed by atoms with Gasteiger partial charge in [-0.15, -0.1) is 0 Å². The van der Waals surface area contributed by atoms with Crippen molar-refractivity contribution in [2.45, 2.75) is 19.3 Å². The van der Waals surface area contributed by atoms with Crippen molar-refractivity contribution in [2.24, 2.45) is 5.73 Å². The summed E-state index contributed by atoms with van der Waals surface area (Å²) in [5.41, 5.74) is 7.35. The third kappa shape index (κ3) is 6.36. The Balaban J connectivity index is 2.34. The first-order valence-corrected chi connectivity index (χ1v) is 6.85. The number of carbonyl (C=O) groups is 1. The van der Waals surface area contributed by atoms with Gasteiger partial charge in [0.25, 0.3) is 5.91 Å². The number of nitrogens with two attached hydrogens (primary N) is 1. The minimum absolute atomic E-state index is 0.00345. The summed E-state index contributed by atoms with van der Waals surface area (Å²) in [6.07, 6.45) is 2.91. The van der Waals surface area contributed by atoms with E-state index in [0.717, 1.165) is 43.5 Å². The van der Waals surface area contributed by atoms with Gasteiger partial charge in [-0.2, -0.15) is 0 Å². The largest absolute Gasteiger partial charge is 0.352 e. The number of nitrogens with one attached hydrogen (secondary N) is 1. The van der Waals surface area contributed by atoms with Crippen LogP contribution in [0.5, 0.6) is 0 Å². The Kier molecular flexibility index (Phi) is 7.15. The van der Waals surface area contributed by atoms with Crippen LogP contribution in [0.4, 0.5) is 0 Å². The van der Waals surface area contributed by atoms with E-state index in [1.54, 1.807) is 0 Å². The van der Waals surface area contributed by atoms with Crippen molar-refractivity contribution in [1.29, 1.82) is 0 Å². The normalized spacial score (nSPS) is 10.7. The first kappa shape index (κ1) is 15.7. The van der Waals surface area contributed by atoms with Crippen LogP contribution in [0.25, 0.3) is 0 Å². The number of rotatable bonds is 8. The Labute approximate surface area is 116 Å². The summed E-state index contributed by atoms with van der Waals surface area (Å²) in [5, 5.41) is 2.95. The van der Waals surface area contributed by atoms with E-state index in [0.29, 0.717) is 6.54 Å². The predicted octanol–water partition coefficient (Wildman–Crippen LogP) is 1.26. The van der Waals surface area contributed by atoms with Crippen LogP contribution in [0.2, 0.25) is 0 Å². The van der Waals surface area contributed by atoms with Gasteiger partial charge < -0.3 is 16.0 Å². The molecule has 0 atom stereocenters. The lowest BCUT2D eigenvalue weighted by Gasteiger charge is -2.10. The molecule has 0 aliphatic carbocycles. The molecule has 3 N–H and O–H groups in total. The minimum Gasteiger partial charge on any atom is -0.352 e. The van der Waals surface area contributed by atoms with Gasteiger partial charge in [0.15, 0.2) is 0 Å². The monoisotopic (exact) mass is 263 g/mol. The molecule has 0 unspecified atom stereocenters. The summed E-state index contributed by atoms with van der Waals surface area (Å²) in [6.45, 7) is 2.39. The number of nitrogens with zero attached hydrogens (tertiary/aromatic N) is 1. The van der Waals surface area contributed by atoms with E-state index in [1.165, 1.54) is 0 Å². The van der Waals surface area contributed by atoms with Crippen molar-refractivity contribution in [3.05, 3.63) is 35.4 Å². The van der Waals surface area contributed by atoms with Crippen molar-refractivity contribution < 1.29 is 4.79 Å². The summed E-state index contributed by atoms with van der Waals surface area (Å²) in [6, 6.07) is 7.67. The topological polar surface area (TPSA) is 58.4 Å². The van der Waals surface area contributed by atoms with Crippen molar-refractivity contribution >= 4 is 5.91 Å². The molecule has 0 bridgehead atoms. The molecule has 0 saturated carbocycles. The lowest BCUT2D eigenvalue weighted by Crippen LogP contribution is -2.25. The Bertz CT molecular complexity index is 391. The zero-order valence-corrected chi connectivity index (χ0v) is 12.0. The van der Waals surface area contributed by atoms with Crippen LogP contribution in [0.3, 0.4) is 0 Å². The fraction of sp³-hybridized carbons (Fsp3) is 0.533. The van der Waals surface area contributed by atoms with E-state index in [2.05, 4.69) is 24.3 Å². The first-order chi connectivity index (χ1) is 9.13. The van der Waals surface area contributed by atoms with E-state index in [1.807, 2.05) is 24.3 Å². The van der Waals surface area contributed by atoms with Gasteiger partial charge in [0.2, 0.25) is 0 Å². The molecular formula is C15H25N3O. The molecule has 4 nitrogen and oxygen atoms in total. The molecule has 4 heteroatoms. The van der Waals surface area contributed by atoms with Crippen LogP contribution in [-0.2, 0) is 6.42 Å². The number of carbonyl (C=O) groups excluding carboxylic acids is 1. The van der Waals surface area contributed by atoms with Gasteiger partial charge in [-0.25, -0.2) is 0 Å². The fourth-order valence-corrected chi connectivity index (χ4v) is 1.89. The highest BCUT2D eigenvalue weighted by molar-refractivity contribution is 5.94. The van der Waals surface area contributed by atoms with Gasteiger partial charge >= 0.3 is 0 Å². The number of amides is 1. The predicted molar refractivity (Wildman–Crippen MR) is 79.3 cm³/mol. The number of hydrogen-bond acceptors (Lipinski definition) is 3. The lowest BCUT2D eigenvalue weighted by atomic mass is 10.1. The smallest absolute Gasteiger partial charge is 0.251 e. The van der Waals surface area contributed by atoms with Crippen LogP contribution in [0, 0.1) is 0 Å². The minimum atomic E-state index is 0.00345. The van der Waals surface area contributed by atoms with Gasteiger partial charge in [0.05, 0.1) is 0 Å². The highest BCUT2D eigenvalue weighted by Gasteiger charge is 2.05.